The minimum Gasteiger partial charge on any atom is -0.311 e. The van der Waals surface area contributed by atoms with E-state index >= 15 is 0 Å². The molecule has 0 fully saturated rings. The van der Waals surface area contributed by atoms with Crippen molar-refractivity contribution in [3.8, 4) is 0 Å². The SMILES string of the molecule is N=C(CNC(c1cccc(Cc2ccc(Cn3ccccc3=O)cc2)c1)C(F)(F)F)c1cccc(Cl)c1. The van der Waals surface area contributed by atoms with Crippen molar-refractivity contribution in [2.24, 2.45) is 0 Å². The molecule has 0 aliphatic carbocycles. The number of benzene rings is 3. The monoisotopic (exact) mass is 523 g/mol. The molecule has 1 aromatic heterocycles. The first kappa shape index (κ1) is 26.4. The van der Waals surface area contributed by atoms with Crippen LogP contribution in [0.1, 0.15) is 33.9 Å². The predicted octanol–water partition coefficient (Wildman–Crippen LogP) is 6.40. The number of halogens is 4. The Bertz CT molecular complexity index is 1430. The Morgan fingerprint density at radius 2 is 1.62 bits per heavy atom. The molecule has 0 spiro atoms. The number of aromatic nitrogens is 1. The lowest BCUT2D eigenvalue weighted by Crippen LogP contribution is -2.37. The van der Waals surface area contributed by atoms with Crippen LogP contribution in [-0.4, -0.2) is 23.0 Å². The van der Waals surface area contributed by atoms with Crippen molar-refractivity contribution in [2.75, 3.05) is 6.54 Å². The predicted molar refractivity (Wildman–Crippen MR) is 141 cm³/mol. The van der Waals surface area contributed by atoms with Crippen molar-refractivity contribution in [1.82, 2.24) is 9.88 Å². The molecule has 37 heavy (non-hydrogen) atoms. The molecular weight excluding hydrogens is 499 g/mol. The van der Waals surface area contributed by atoms with E-state index < -0.39 is 12.2 Å². The third kappa shape index (κ3) is 7.18. The van der Waals surface area contributed by atoms with E-state index in [1.165, 1.54) is 12.1 Å². The Morgan fingerprint density at radius 3 is 2.32 bits per heavy atom. The van der Waals surface area contributed by atoms with Crippen LogP contribution in [0.4, 0.5) is 13.2 Å². The maximum absolute atomic E-state index is 14.0. The van der Waals surface area contributed by atoms with E-state index in [9.17, 15) is 18.0 Å². The molecule has 0 saturated heterocycles. The molecular formula is C29H25ClF3N3O. The van der Waals surface area contributed by atoms with Crippen molar-refractivity contribution in [3.05, 3.63) is 140 Å². The third-order valence-electron chi connectivity index (χ3n) is 5.95. The average molecular weight is 524 g/mol. The van der Waals surface area contributed by atoms with Gasteiger partial charge in [0.15, 0.2) is 0 Å². The van der Waals surface area contributed by atoms with Crippen LogP contribution in [-0.2, 0) is 13.0 Å². The summed E-state index contributed by atoms with van der Waals surface area (Å²) in [7, 11) is 0. The fourth-order valence-electron chi connectivity index (χ4n) is 4.07. The van der Waals surface area contributed by atoms with Crippen LogP contribution in [0.3, 0.4) is 0 Å². The third-order valence-corrected chi connectivity index (χ3v) is 6.19. The summed E-state index contributed by atoms with van der Waals surface area (Å²) in [5.41, 5.74) is 3.13. The van der Waals surface area contributed by atoms with Gasteiger partial charge >= 0.3 is 6.18 Å². The zero-order valence-electron chi connectivity index (χ0n) is 19.8. The van der Waals surface area contributed by atoms with Gasteiger partial charge in [0.05, 0.1) is 12.3 Å². The normalized spacial score (nSPS) is 12.3. The molecule has 1 unspecified atom stereocenters. The van der Waals surface area contributed by atoms with Gasteiger partial charge in [-0.3, -0.25) is 10.1 Å². The largest absolute Gasteiger partial charge is 0.407 e. The summed E-state index contributed by atoms with van der Waals surface area (Å²) >= 11 is 5.94. The lowest BCUT2D eigenvalue weighted by molar-refractivity contribution is -0.156. The van der Waals surface area contributed by atoms with Gasteiger partial charge in [-0.05, 0) is 52.4 Å². The Hall–Kier alpha value is -3.68. The molecule has 4 aromatic rings. The molecule has 190 valence electrons. The van der Waals surface area contributed by atoms with Crippen LogP contribution < -0.4 is 10.9 Å². The van der Waals surface area contributed by atoms with Crippen LogP contribution in [0.5, 0.6) is 0 Å². The molecule has 0 aliphatic rings. The minimum atomic E-state index is -4.54. The molecule has 0 bridgehead atoms. The zero-order valence-corrected chi connectivity index (χ0v) is 20.6. The summed E-state index contributed by atoms with van der Waals surface area (Å²) in [5.74, 6) is 0. The Morgan fingerprint density at radius 1 is 0.892 bits per heavy atom. The number of rotatable bonds is 9. The number of hydrogen-bond acceptors (Lipinski definition) is 3. The zero-order chi connectivity index (χ0) is 26.4. The van der Waals surface area contributed by atoms with Gasteiger partial charge in [-0.15, -0.1) is 0 Å². The Labute approximate surface area is 217 Å². The van der Waals surface area contributed by atoms with Gasteiger partial charge in [0.25, 0.3) is 5.56 Å². The molecule has 0 aliphatic heterocycles. The minimum absolute atomic E-state index is 0.0192. The maximum atomic E-state index is 14.0. The van der Waals surface area contributed by atoms with Crippen LogP contribution in [0, 0.1) is 5.41 Å². The highest BCUT2D eigenvalue weighted by atomic mass is 35.5. The molecule has 4 nitrogen and oxygen atoms in total. The molecule has 2 N–H and O–H groups in total. The molecule has 8 heteroatoms. The lowest BCUT2D eigenvalue weighted by Gasteiger charge is -2.23. The van der Waals surface area contributed by atoms with Gasteiger partial charge in [-0.1, -0.05) is 78.3 Å². The number of pyridine rings is 1. The quantitative estimate of drug-likeness (QED) is 0.249. The highest BCUT2D eigenvalue weighted by Crippen LogP contribution is 2.33. The van der Waals surface area contributed by atoms with E-state index in [1.54, 1.807) is 65.4 Å². The van der Waals surface area contributed by atoms with Crippen molar-refractivity contribution < 1.29 is 13.2 Å². The van der Waals surface area contributed by atoms with E-state index in [1.807, 2.05) is 24.3 Å². The van der Waals surface area contributed by atoms with Crippen molar-refractivity contribution >= 4 is 17.3 Å². The summed E-state index contributed by atoms with van der Waals surface area (Å²) in [6.07, 6.45) is -2.35. The molecule has 0 amide bonds. The fraction of sp³-hybridized carbons (Fsp3) is 0.172. The van der Waals surface area contributed by atoms with Gasteiger partial charge in [0.1, 0.15) is 6.04 Å². The Kier molecular flexibility index (Phi) is 8.26. The summed E-state index contributed by atoms with van der Waals surface area (Å²) in [6.45, 7) is 0.180. The van der Waals surface area contributed by atoms with Gasteiger partial charge in [0.2, 0.25) is 0 Å². The fourth-order valence-corrected chi connectivity index (χ4v) is 4.26. The van der Waals surface area contributed by atoms with Crippen molar-refractivity contribution in [3.63, 3.8) is 0 Å². The highest BCUT2D eigenvalue weighted by molar-refractivity contribution is 6.31. The Balaban J connectivity index is 1.45. The van der Waals surface area contributed by atoms with Gasteiger partial charge in [-0.2, -0.15) is 13.2 Å². The lowest BCUT2D eigenvalue weighted by atomic mass is 9.98. The number of alkyl halides is 3. The van der Waals surface area contributed by atoms with Gasteiger partial charge < -0.3 is 9.98 Å². The summed E-state index contributed by atoms with van der Waals surface area (Å²) in [6, 6.07) is 23.6. The van der Waals surface area contributed by atoms with Gasteiger partial charge in [-0.25, -0.2) is 0 Å². The summed E-state index contributed by atoms with van der Waals surface area (Å²) < 4.78 is 43.5. The second-order valence-corrected chi connectivity index (χ2v) is 9.19. The standard InChI is InChI=1S/C29H25ClF3N3O/c30-25-8-4-6-23(17-25)26(34)18-35-28(29(31,32)33)24-7-3-5-22(16-24)15-20-10-12-21(13-11-20)19-36-14-2-1-9-27(36)37/h1-14,16-17,28,34-35H,15,18-19H2. The topological polar surface area (TPSA) is 57.9 Å². The number of hydrogen-bond donors (Lipinski definition) is 2. The van der Waals surface area contributed by atoms with Crippen LogP contribution in [0.15, 0.2) is 102 Å². The van der Waals surface area contributed by atoms with E-state index in [2.05, 4.69) is 5.32 Å². The molecule has 3 aromatic carbocycles. The maximum Gasteiger partial charge on any atom is 0.407 e. The molecule has 4 rings (SSSR count). The smallest absolute Gasteiger partial charge is 0.311 e. The van der Waals surface area contributed by atoms with Crippen LogP contribution in [0.25, 0.3) is 0 Å². The molecule has 0 saturated carbocycles. The molecule has 0 radical (unpaired) electrons. The highest BCUT2D eigenvalue weighted by Gasteiger charge is 2.40. The summed E-state index contributed by atoms with van der Waals surface area (Å²) in [5, 5.41) is 11.1. The second kappa shape index (κ2) is 11.6. The molecule has 1 atom stereocenters. The molecule has 1 heterocycles. The first-order chi connectivity index (χ1) is 17.7. The van der Waals surface area contributed by atoms with Crippen molar-refractivity contribution in [2.45, 2.75) is 25.2 Å². The van der Waals surface area contributed by atoms with E-state index in [-0.39, 0.29) is 23.4 Å². The number of nitrogens with one attached hydrogen (secondary N) is 2. The van der Waals surface area contributed by atoms with E-state index in [4.69, 9.17) is 17.0 Å². The first-order valence-corrected chi connectivity index (χ1v) is 12.0. The summed E-state index contributed by atoms with van der Waals surface area (Å²) in [4.78, 5) is 11.9. The average Bonchev–Trinajstić information content (AvgIpc) is 2.86. The van der Waals surface area contributed by atoms with E-state index in [0.717, 1.165) is 16.7 Å². The first-order valence-electron chi connectivity index (χ1n) is 11.6. The number of nitrogens with zero attached hydrogens (tertiary/aromatic N) is 1. The van der Waals surface area contributed by atoms with E-state index in [0.29, 0.717) is 23.6 Å². The van der Waals surface area contributed by atoms with Gasteiger partial charge in [0, 0.05) is 23.8 Å². The van der Waals surface area contributed by atoms with Crippen LogP contribution >= 0.6 is 11.6 Å². The van der Waals surface area contributed by atoms with Crippen molar-refractivity contribution in [1.29, 1.82) is 5.41 Å². The van der Waals surface area contributed by atoms with Crippen LogP contribution in [0.2, 0.25) is 5.02 Å². The second-order valence-electron chi connectivity index (χ2n) is 8.75.